The number of hydrogen-bond donors (Lipinski definition) is 0. The number of halogens is 2. The number of alkyl halides is 1. The number of carbonyl (C=O) groups is 2. The average Bonchev–Trinajstić information content (AvgIpc) is 3.45. The van der Waals surface area contributed by atoms with Gasteiger partial charge in [-0.3, -0.25) is 19.6 Å². The van der Waals surface area contributed by atoms with Gasteiger partial charge in [0.2, 0.25) is 5.91 Å². The molecule has 45 heavy (non-hydrogen) atoms. The number of pyridine rings is 1. The van der Waals surface area contributed by atoms with Crippen molar-refractivity contribution in [1.29, 1.82) is 0 Å². The molecule has 4 atom stereocenters. The van der Waals surface area contributed by atoms with Gasteiger partial charge < -0.3 is 19.3 Å². The summed E-state index contributed by atoms with van der Waals surface area (Å²) in [5.74, 6) is -0.332. The van der Waals surface area contributed by atoms with E-state index in [1.807, 2.05) is 49.8 Å². The van der Waals surface area contributed by atoms with Gasteiger partial charge in [0.15, 0.2) is 0 Å². The third-order valence-electron chi connectivity index (χ3n) is 9.00. The van der Waals surface area contributed by atoms with Gasteiger partial charge in [-0.2, -0.15) is 0 Å². The monoisotopic (exact) mass is 627 g/mol. The highest BCUT2D eigenvalue weighted by atomic mass is 19.1. The summed E-state index contributed by atoms with van der Waals surface area (Å²) in [5.41, 5.74) is 2.60. The van der Waals surface area contributed by atoms with Gasteiger partial charge in [-0.1, -0.05) is 26.0 Å². The van der Waals surface area contributed by atoms with Crippen LogP contribution in [0.1, 0.15) is 58.4 Å². The standard InChI is InChI=1S/C34H47F2N5O4/c1-22-15-39(26(16-38-18-27(36)29(19-38)44-7)17-40(22)32(43)45-33(2,3)4)20-30(42)41-21-34(5,6)31-28(41)13-24(14-37-31)12-23-8-10-25(35)11-9-23/h8-11,13-14,22,26-27,29H,12,15-21H2,1-7H3/t22-,26+,27-,29+/m1/s1. The zero-order valence-electron chi connectivity index (χ0n) is 27.6. The maximum absolute atomic E-state index is 14.6. The Morgan fingerprint density at radius 2 is 1.78 bits per heavy atom. The highest BCUT2D eigenvalue weighted by Gasteiger charge is 2.43. The molecule has 9 nitrogen and oxygen atoms in total. The normalized spacial score (nSPS) is 25.4. The zero-order chi connectivity index (χ0) is 32.7. The lowest BCUT2D eigenvalue weighted by Gasteiger charge is -2.46. The first-order valence-electron chi connectivity index (χ1n) is 15.8. The molecule has 0 radical (unpaired) electrons. The zero-order valence-corrected chi connectivity index (χ0v) is 27.6. The molecule has 1 aromatic carbocycles. The Morgan fingerprint density at radius 3 is 2.42 bits per heavy atom. The molecule has 0 saturated carbocycles. The second-order valence-corrected chi connectivity index (χ2v) is 14.5. The molecule has 1 aromatic heterocycles. The first kappa shape index (κ1) is 33.2. The fourth-order valence-corrected chi connectivity index (χ4v) is 6.72. The Hall–Kier alpha value is -3.15. The average molecular weight is 628 g/mol. The van der Waals surface area contributed by atoms with Crippen LogP contribution in [0, 0.1) is 5.82 Å². The molecule has 2 fully saturated rings. The summed E-state index contributed by atoms with van der Waals surface area (Å²) < 4.78 is 39.1. The van der Waals surface area contributed by atoms with Crippen molar-refractivity contribution < 1.29 is 27.8 Å². The Morgan fingerprint density at radius 1 is 1.07 bits per heavy atom. The van der Waals surface area contributed by atoms with E-state index in [0.717, 1.165) is 22.5 Å². The van der Waals surface area contributed by atoms with Crippen molar-refractivity contribution in [3.63, 3.8) is 0 Å². The molecule has 11 heteroatoms. The number of nitrogens with zero attached hydrogens (tertiary/aromatic N) is 5. The van der Waals surface area contributed by atoms with Crippen LogP contribution in [0.5, 0.6) is 0 Å². The van der Waals surface area contributed by atoms with E-state index in [4.69, 9.17) is 14.5 Å². The first-order chi connectivity index (χ1) is 21.1. The van der Waals surface area contributed by atoms with Crippen LogP contribution >= 0.6 is 0 Å². The van der Waals surface area contributed by atoms with E-state index in [1.54, 1.807) is 17.0 Å². The van der Waals surface area contributed by atoms with E-state index < -0.39 is 17.9 Å². The minimum atomic E-state index is -1.09. The summed E-state index contributed by atoms with van der Waals surface area (Å²) >= 11 is 0. The fraction of sp³-hybridized carbons (Fsp3) is 0.618. The third kappa shape index (κ3) is 7.64. The van der Waals surface area contributed by atoms with Crippen LogP contribution in [-0.4, -0.2) is 115 Å². The minimum absolute atomic E-state index is 0.0509. The molecular formula is C34H47F2N5O4. The summed E-state index contributed by atoms with van der Waals surface area (Å²) in [5, 5.41) is 0. The minimum Gasteiger partial charge on any atom is -0.444 e. The van der Waals surface area contributed by atoms with E-state index in [0.29, 0.717) is 39.1 Å². The van der Waals surface area contributed by atoms with Crippen LogP contribution < -0.4 is 4.90 Å². The third-order valence-corrected chi connectivity index (χ3v) is 9.00. The van der Waals surface area contributed by atoms with E-state index in [-0.39, 0.29) is 48.4 Å². The summed E-state index contributed by atoms with van der Waals surface area (Å²) in [4.78, 5) is 39.8. The second-order valence-electron chi connectivity index (χ2n) is 14.5. The van der Waals surface area contributed by atoms with Gasteiger partial charge in [-0.15, -0.1) is 0 Å². The Kier molecular flexibility index (Phi) is 9.54. The molecule has 5 rings (SSSR count). The highest BCUT2D eigenvalue weighted by molar-refractivity contribution is 5.97. The number of amides is 2. The Bertz CT molecular complexity index is 1380. The molecule has 2 saturated heterocycles. The van der Waals surface area contributed by atoms with Crippen molar-refractivity contribution in [1.82, 2.24) is 19.7 Å². The van der Waals surface area contributed by atoms with Gasteiger partial charge in [0.25, 0.3) is 0 Å². The summed E-state index contributed by atoms with van der Waals surface area (Å²) in [6.45, 7) is 14.3. The number of piperazine rings is 1. The lowest BCUT2D eigenvalue weighted by molar-refractivity contribution is -0.121. The molecule has 2 amide bonds. The maximum Gasteiger partial charge on any atom is 0.410 e. The molecule has 0 aliphatic carbocycles. The quantitative estimate of drug-likeness (QED) is 0.450. The number of fused-ring (bicyclic) bond motifs is 1. The van der Waals surface area contributed by atoms with Crippen molar-refractivity contribution in [2.45, 2.75) is 83.3 Å². The predicted octanol–water partition coefficient (Wildman–Crippen LogP) is 4.41. The predicted molar refractivity (Wildman–Crippen MR) is 169 cm³/mol. The maximum atomic E-state index is 14.6. The van der Waals surface area contributed by atoms with E-state index >= 15 is 0 Å². The van der Waals surface area contributed by atoms with Gasteiger partial charge in [0.05, 0.1) is 17.9 Å². The number of ether oxygens (including phenoxy) is 2. The molecule has 0 unspecified atom stereocenters. The molecule has 246 valence electrons. The van der Waals surface area contributed by atoms with Crippen LogP contribution in [0.3, 0.4) is 0 Å². The number of carbonyl (C=O) groups excluding carboxylic acids is 2. The number of methoxy groups -OCH3 is 1. The van der Waals surface area contributed by atoms with E-state index in [1.165, 1.54) is 19.2 Å². The molecule has 0 spiro atoms. The molecule has 4 heterocycles. The van der Waals surface area contributed by atoms with Gasteiger partial charge in [0.1, 0.15) is 23.7 Å². The number of benzene rings is 1. The molecule has 3 aliphatic rings. The summed E-state index contributed by atoms with van der Waals surface area (Å²) in [6.07, 6.45) is 0.440. The summed E-state index contributed by atoms with van der Waals surface area (Å²) in [6, 6.07) is 8.03. The topological polar surface area (TPSA) is 78.5 Å². The van der Waals surface area contributed by atoms with Gasteiger partial charge in [-0.25, -0.2) is 13.6 Å². The van der Waals surface area contributed by atoms with Gasteiger partial charge in [0, 0.05) is 70.1 Å². The second kappa shape index (κ2) is 12.9. The van der Waals surface area contributed by atoms with Crippen molar-refractivity contribution >= 4 is 17.7 Å². The first-order valence-corrected chi connectivity index (χ1v) is 15.8. The van der Waals surface area contributed by atoms with Crippen molar-refractivity contribution in [3.8, 4) is 0 Å². The lowest BCUT2D eigenvalue weighted by atomic mass is 9.91. The molecule has 3 aliphatic heterocycles. The molecule has 2 aromatic rings. The van der Waals surface area contributed by atoms with E-state index in [2.05, 4.69) is 18.7 Å². The van der Waals surface area contributed by atoms with Crippen molar-refractivity contribution in [3.05, 3.63) is 59.2 Å². The Labute approximate surface area is 265 Å². The molecular weight excluding hydrogens is 580 g/mol. The van der Waals surface area contributed by atoms with Gasteiger partial charge in [-0.05, 0) is 63.4 Å². The Balaban J connectivity index is 1.36. The number of hydrogen-bond acceptors (Lipinski definition) is 7. The number of rotatable bonds is 7. The lowest BCUT2D eigenvalue weighted by Crippen LogP contribution is -2.63. The largest absolute Gasteiger partial charge is 0.444 e. The van der Waals surface area contributed by atoms with Crippen LogP contribution in [0.25, 0.3) is 0 Å². The molecule has 0 N–H and O–H groups in total. The number of likely N-dealkylation sites (tertiary alicyclic amines) is 1. The number of anilines is 1. The number of aromatic nitrogens is 1. The van der Waals surface area contributed by atoms with Crippen LogP contribution in [-0.2, 0) is 26.1 Å². The highest BCUT2D eigenvalue weighted by Crippen LogP contribution is 2.40. The van der Waals surface area contributed by atoms with Crippen LogP contribution in [0.2, 0.25) is 0 Å². The summed E-state index contributed by atoms with van der Waals surface area (Å²) in [7, 11) is 1.52. The van der Waals surface area contributed by atoms with Crippen molar-refractivity contribution in [2.24, 2.45) is 0 Å². The van der Waals surface area contributed by atoms with Gasteiger partial charge >= 0.3 is 6.09 Å². The SMILES string of the molecule is CO[C@H]1CN(C[C@H]2CN(C(=O)OC(C)(C)C)[C@H](C)CN2CC(=O)N2CC(C)(C)c3ncc(Cc4ccc(F)cc4)cc32)C[C@H]1F. The molecule has 0 bridgehead atoms. The van der Waals surface area contributed by atoms with Crippen molar-refractivity contribution in [2.75, 3.05) is 57.8 Å². The smallest absolute Gasteiger partial charge is 0.410 e. The van der Waals surface area contributed by atoms with Crippen LogP contribution in [0.15, 0.2) is 36.5 Å². The van der Waals surface area contributed by atoms with E-state index in [9.17, 15) is 18.4 Å². The van der Waals surface area contributed by atoms with Crippen LogP contribution in [0.4, 0.5) is 19.3 Å². The fourth-order valence-electron chi connectivity index (χ4n) is 6.72.